The van der Waals surface area contributed by atoms with Crippen molar-refractivity contribution in [1.82, 2.24) is 0 Å². The van der Waals surface area contributed by atoms with Crippen LogP contribution in [0.1, 0.15) is 23.1 Å². The number of benzene rings is 2. The zero-order valence-electron chi connectivity index (χ0n) is 11.4. The first kappa shape index (κ1) is 12.2. The van der Waals surface area contributed by atoms with E-state index in [2.05, 4.69) is 0 Å². The Morgan fingerprint density at radius 2 is 1.86 bits per heavy atom. The predicted molar refractivity (Wildman–Crippen MR) is 74.4 cm³/mol. The summed E-state index contributed by atoms with van der Waals surface area (Å²) in [5.74, 6) is 1.76. The molecule has 0 fully saturated rings. The molecule has 2 aliphatic rings. The van der Waals surface area contributed by atoms with Gasteiger partial charge in [-0.1, -0.05) is 0 Å². The van der Waals surface area contributed by atoms with Crippen molar-refractivity contribution < 1.29 is 24.4 Å². The summed E-state index contributed by atoms with van der Waals surface area (Å²) >= 11 is 0. The van der Waals surface area contributed by atoms with Gasteiger partial charge < -0.3 is 24.4 Å². The predicted octanol–water partition coefficient (Wildman–Crippen LogP) is 2.72. The first-order valence-electron chi connectivity index (χ1n) is 6.70. The van der Waals surface area contributed by atoms with Gasteiger partial charge in [0, 0.05) is 23.3 Å². The molecule has 0 radical (unpaired) electrons. The molecule has 0 bridgehead atoms. The SMILES string of the molecule is COc1ccc2c(c1)OC[C@H]1c3cc(O)c(O)cc3O[C@@H]21. The highest BCUT2D eigenvalue weighted by molar-refractivity contribution is 5.56. The van der Waals surface area contributed by atoms with E-state index < -0.39 is 0 Å². The van der Waals surface area contributed by atoms with E-state index in [1.54, 1.807) is 13.2 Å². The minimum absolute atomic E-state index is 0.00685. The average Bonchev–Trinajstić information content (AvgIpc) is 2.85. The topological polar surface area (TPSA) is 68.2 Å². The number of phenols is 2. The fourth-order valence-corrected chi connectivity index (χ4v) is 2.99. The van der Waals surface area contributed by atoms with Crippen molar-refractivity contribution in [3.05, 3.63) is 41.5 Å². The third kappa shape index (κ3) is 1.70. The Morgan fingerprint density at radius 3 is 2.67 bits per heavy atom. The summed E-state index contributed by atoms with van der Waals surface area (Å²) in [6, 6.07) is 8.63. The first-order valence-corrected chi connectivity index (χ1v) is 6.70. The summed E-state index contributed by atoms with van der Waals surface area (Å²) in [5.41, 5.74) is 1.80. The number of ether oxygens (including phenoxy) is 3. The van der Waals surface area contributed by atoms with Gasteiger partial charge in [-0.15, -0.1) is 0 Å². The van der Waals surface area contributed by atoms with E-state index in [0.717, 1.165) is 22.6 Å². The molecule has 4 rings (SSSR count). The number of methoxy groups -OCH3 is 1. The van der Waals surface area contributed by atoms with Crippen molar-refractivity contribution in [1.29, 1.82) is 0 Å². The van der Waals surface area contributed by atoms with Crippen LogP contribution in [0.15, 0.2) is 30.3 Å². The molecule has 0 spiro atoms. The van der Waals surface area contributed by atoms with Crippen molar-refractivity contribution in [3.63, 3.8) is 0 Å². The molecule has 0 aliphatic carbocycles. The third-order valence-corrected chi connectivity index (χ3v) is 4.07. The molecule has 0 saturated heterocycles. The van der Waals surface area contributed by atoms with Crippen molar-refractivity contribution in [2.24, 2.45) is 0 Å². The maximum atomic E-state index is 9.67. The Morgan fingerprint density at radius 1 is 1.05 bits per heavy atom. The van der Waals surface area contributed by atoms with Crippen molar-refractivity contribution in [2.75, 3.05) is 13.7 Å². The smallest absolute Gasteiger partial charge is 0.161 e. The molecule has 2 aliphatic heterocycles. The number of fused-ring (bicyclic) bond motifs is 5. The zero-order chi connectivity index (χ0) is 14.6. The lowest BCUT2D eigenvalue weighted by Crippen LogP contribution is -2.23. The molecule has 0 saturated carbocycles. The largest absolute Gasteiger partial charge is 0.504 e. The van der Waals surface area contributed by atoms with Crippen LogP contribution < -0.4 is 14.2 Å². The molecule has 21 heavy (non-hydrogen) atoms. The standard InChI is InChI=1S/C16H14O5/c1-19-8-2-3-9-14(4-8)20-7-11-10-5-12(17)13(18)6-15(10)21-16(9)11/h2-6,11,16-18H,7H2,1H3/t11-,16-/m0/s1. The lowest BCUT2D eigenvalue weighted by Gasteiger charge is -2.28. The molecule has 0 aromatic heterocycles. The van der Waals surface area contributed by atoms with Gasteiger partial charge in [-0.25, -0.2) is 0 Å². The second-order valence-electron chi connectivity index (χ2n) is 5.24. The summed E-state index contributed by atoms with van der Waals surface area (Å²) in [6.07, 6.45) is -0.171. The van der Waals surface area contributed by atoms with Gasteiger partial charge in [0.25, 0.3) is 0 Å². The number of rotatable bonds is 1. The van der Waals surface area contributed by atoms with Gasteiger partial charge in [-0.05, 0) is 18.2 Å². The molecule has 5 heteroatoms. The highest BCUT2D eigenvalue weighted by atomic mass is 16.5. The Hall–Kier alpha value is -2.56. The van der Waals surface area contributed by atoms with Gasteiger partial charge in [-0.2, -0.15) is 0 Å². The highest BCUT2D eigenvalue weighted by Gasteiger charge is 2.41. The van der Waals surface area contributed by atoms with Gasteiger partial charge in [0.1, 0.15) is 23.4 Å². The molecule has 5 nitrogen and oxygen atoms in total. The summed E-state index contributed by atoms with van der Waals surface area (Å²) in [4.78, 5) is 0. The molecule has 2 heterocycles. The Bertz CT molecular complexity index is 725. The summed E-state index contributed by atoms with van der Waals surface area (Å²) in [6.45, 7) is 0.460. The third-order valence-electron chi connectivity index (χ3n) is 4.07. The normalized spacial score (nSPS) is 21.6. The maximum absolute atomic E-state index is 9.67. The van der Waals surface area contributed by atoms with Gasteiger partial charge in [0.2, 0.25) is 0 Å². The minimum Gasteiger partial charge on any atom is -0.504 e. The minimum atomic E-state index is -0.178. The Kier molecular flexibility index (Phi) is 2.45. The maximum Gasteiger partial charge on any atom is 0.161 e. The monoisotopic (exact) mass is 286 g/mol. The van der Waals surface area contributed by atoms with Gasteiger partial charge >= 0.3 is 0 Å². The molecule has 108 valence electrons. The lowest BCUT2D eigenvalue weighted by molar-refractivity contribution is 0.139. The van der Waals surface area contributed by atoms with Crippen molar-refractivity contribution >= 4 is 0 Å². The molecular weight excluding hydrogens is 272 g/mol. The molecule has 0 unspecified atom stereocenters. The van der Waals surface area contributed by atoms with E-state index in [9.17, 15) is 10.2 Å². The fraction of sp³-hybridized carbons (Fsp3) is 0.250. The highest BCUT2D eigenvalue weighted by Crippen LogP contribution is 2.53. The average molecular weight is 286 g/mol. The van der Waals surface area contributed by atoms with Gasteiger partial charge in [-0.3, -0.25) is 0 Å². The van der Waals surface area contributed by atoms with Crippen LogP contribution in [0.3, 0.4) is 0 Å². The van der Waals surface area contributed by atoms with E-state index in [1.165, 1.54) is 6.07 Å². The Labute approximate surface area is 121 Å². The molecule has 2 atom stereocenters. The van der Waals surface area contributed by atoms with E-state index in [-0.39, 0.29) is 23.5 Å². The van der Waals surface area contributed by atoms with E-state index >= 15 is 0 Å². The van der Waals surface area contributed by atoms with E-state index in [0.29, 0.717) is 12.4 Å². The van der Waals surface area contributed by atoms with Crippen LogP contribution in [0.2, 0.25) is 0 Å². The van der Waals surface area contributed by atoms with Crippen LogP contribution in [-0.2, 0) is 0 Å². The zero-order valence-corrected chi connectivity index (χ0v) is 11.4. The quantitative estimate of drug-likeness (QED) is 0.789. The van der Waals surface area contributed by atoms with Crippen LogP contribution in [0.25, 0.3) is 0 Å². The van der Waals surface area contributed by atoms with E-state index in [1.807, 2.05) is 18.2 Å². The van der Waals surface area contributed by atoms with E-state index in [4.69, 9.17) is 14.2 Å². The van der Waals surface area contributed by atoms with Crippen LogP contribution in [0.4, 0.5) is 0 Å². The fourth-order valence-electron chi connectivity index (χ4n) is 2.99. The van der Waals surface area contributed by atoms with Crippen LogP contribution >= 0.6 is 0 Å². The number of phenolic OH excluding ortho intramolecular Hbond substituents is 2. The molecule has 2 aromatic carbocycles. The molecule has 2 N–H and O–H groups in total. The Balaban J connectivity index is 1.78. The van der Waals surface area contributed by atoms with Gasteiger partial charge in [0.05, 0.1) is 19.6 Å². The second-order valence-corrected chi connectivity index (χ2v) is 5.24. The van der Waals surface area contributed by atoms with Crippen LogP contribution in [0.5, 0.6) is 28.7 Å². The molecular formula is C16H14O5. The first-order chi connectivity index (χ1) is 10.2. The summed E-state index contributed by atoms with van der Waals surface area (Å²) < 4.78 is 17.0. The van der Waals surface area contributed by atoms with Gasteiger partial charge in [0.15, 0.2) is 11.5 Å². The van der Waals surface area contributed by atoms with Crippen molar-refractivity contribution in [3.8, 4) is 28.7 Å². The number of hydrogen-bond donors (Lipinski definition) is 2. The number of aromatic hydroxyl groups is 2. The lowest BCUT2D eigenvalue weighted by atomic mass is 9.89. The second kappa shape index (κ2) is 4.22. The molecule has 0 amide bonds. The summed E-state index contributed by atoms with van der Waals surface area (Å²) in [5, 5.41) is 19.3. The van der Waals surface area contributed by atoms with Crippen LogP contribution in [0, 0.1) is 0 Å². The van der Waals surface area contributed by atoms with Crippen LogP contribution in [-0.4, -0.2) is 23.9 Å². The number of hydrogen-bond acceptors (Lipinski definition) is 5. The van der Waals surface area contributed by atoms with Crippen molar-refractivity contribution in [2.45, 2.75) is 12.0 Å². The molecule has 2 aromatic rings. The summed E-state index contributed by atoms with van der Waals surface area (Å²) in [7, 11) is 1.61.